The lowest BCUT2D eigenvalue weighted by Crippen LogP contribution is -2.34. The number of ether oxygens (including phenoxy) is 3. The molecule has 0 N–H and O–H groups in total. The maximum atomic E-state index is 11.7. The van der Waals surface area contributed by atoms with Crippen LogP contribution in [0.5, 0.6) is 11.5 Å². The Morgan fingerprint density at radius 3 is 2.28 bits per heavy atom. The van der Waals surface area contributed by atoms with Crippen molar-refractivity contribution >= 4 is 17.6 Å². The van der Waals surface area contributed by atoms with E-state index < -0.39 is 11.9 Å². The lowest BCUT2D eigenvalue weighted by Gasteiger charge is -2.19. The number of likely N-dealkylation sites (N-methyl/N-ethyl adjacent to an activating group) is 1. The number of anilines is 1. The van der Waals surface area contributed by atoms with Crippen molar-refractivity contribution in [1.82, 2.24) is 0 Å². The van der Waals surface area contributed by atoms with Crippen LogP contribution in [0.2, 0.25) is 0 Å². The van der Waals surface area contributed by atoms with Crippen molar-refractivity contribution in [2.45, 2.75) is 0 Å². The summed E-state index contributed by atoms with van der Waals surface area (Å²) in [4.78, 5) is 24.0. The molecule has 0 aromatic heterocycles. The van der Waals surface area contributed by atoms with Crippen LogP contribution in [0.1, 0.15) is 0 Å². The van der Waals surface area contributed by atoms with Gasteiger partial charge in [0.1, 0.15) is 11.5 Å². The number of esters is 1. The zero-order chi connectivity index (χ0) is 13.7. The third-order valence-electron chi connectivity index (χ3n) is 2.41. The van der Waals surface area contributed by atoms with Gasteiger partial charge in [0.2, 0.25) is 0 Å². The molecule has 0 aliphatic carbocycles. The monoisotopic (exact) mass is 253 g/mol. The Bertz CT molecular complexity index is 458. The summed E-state index contributed by atoms with van der Waals surface area (Å²) in [5.74, 6) is -0.725. The Morgan fingerprint density at radius 2 is 1.78 bits per heavy atom. The van der Waals surface area contributed by atoms with E-state index in [2.05, 4.69) is 4.74 Å². The maximum absolute atomic E-state index is 11.7. The molecule has 0 heterocycles. The largest absolute Gasteiger partial charge is 0.497 e. The summed E-state index contributed by atoms with van der Waals surface area (Å²) in [5, 5.41) is 0. The van der Waals surface area contributed by atoms with E-state index in [9.17, 15) is 9.59 Å². The van der Waals surface area contributed by atoms with Crippen molar-refractivity contribution in [2.24, 2.45) is 0 Å². The smallest absolute Gasteiger partial charge is 0.397 e. The minimum Gasteiger partial charge on any atom is -0.497 e. The molecule has 1 amide bonds. The maximum Gasteiger partial charge on any atom is 0.397 e. The Kier molecular flexibility index (Phi) is 4.53. The van der Waals surface area contributed by atoms with E-state index in [1.54, 1.807) is 18.2 Å². The molecular weight excluding hydrogens is 238 g/mol. The molecule has 1 aromatic rings. The number of methoxy groups -OCH3 is 3. The minimum atomic E-state index is -0.942. The molecule has 0 aliphatic rings. The minimum absolute atomic E-state index is 0.423. The molecule has 0 unspecified atom stereocenters. The van der Waals surface area contributed by atoms with Crippen LogP contribution in [-0.4, -0.2) is 40.3 Å². The highest BCUT2D eigenvalue weighted by molar-refractivity contribution is 6.38. The highest BCUT2D eigenvalue weighted by atomic mass is 16.5. The fourth-order valence-electron chi connectivity index (χ4n) is 1.39. The second kappa shape index (κ2) is 5.90. The first-order valence-corrected chi connectivity index (χ1v) is 5.13. The summed E-state index contributed by atoms with van der Waals surface area (Å²) in [5.41, 5.74) is 0.423. The standard InChI is InChI=1S/C12H15NO5/c1-13(11(14)12(15)18-4)9-7-8(16-2)5-6-10(9)17-3/h5-7H,1-4H3. The fourth-order valence-corrected chi connectivity index (χ4v) is 1.39. The Hall–Kier alpha value is -2.24. The van der Waals surface area contributed by atoms with Crippen molar-refractivity contribution in [2.75, 3.05) is 33.3 Å². The number of rotatable bonds is 3. The number of hydrogen-bond acceptors (Lipinski definition) is 5. The molecule has 0 aliphatic heterocycles. The average molecular weight is 253 g/mol. The van der Waals surface area contributed by atoms with Crippen LogP contribution in [0.3, 0.4) is 0 Å². The van der Waals surface area contributed by atoms with Gasteiger partial charge in [-0.05, 0) is 12.1 Å². The normalized spacial score (nSPS) is 9.56. The summed E-state index contributed by atoms with van der Waals surface area (Å²) in [7, 11) is 5.59. The number of hydrogen-bond donors (Lipinski definition) is 0. The van der Waals surface area contributed by atoms with Gasteiger partial charge in [-0.2, -0.15) is 0 Å². The van der Waals surface area contributed by atoms with Crippen LogP contribution in [-0.2, 0) is 14.3 Å². The second-order valence-corrected chi connectivity index (χ2v) is 3.39. The van der Waals surface area contributed by atoms with Gasteiger partial charge >= 0.3 is 11.9 Å². The molecule has 6 heteroatoms. The van der Waals surface area contributed by atoms with E-state index in [0.717, 1.165) is 12.0 Å². The summed E-state index contributed by atoms with van der Waals surface area (Å²) in [6.07, 6.45) is 0. The highest BCUT2D eigenvalue weighted by Crippen LogP contribution is 2.31. The van der Waals surface area contributed by atoms with Gasteiger partial charge in [-0.15, -0.1) is 0 Å². The molecule has 98 valence electrons. The van der Waals surface area contributed by atoms with Crippen molar-refractivity contribution in [3.05, 3.63) is 18.2 Å². The molecule has 0 atom stereocenters. The molecule has 0 radical (unpaired) electrons. The fraction of sp³-hybridized carbons (Fsp3) is 0.333. The van der Waals surface area contributed by atoms with Crippen LogP contribution >= 0.6 is 0 Å². The molecule has 0 saturated carbocycles. The van der Waals surface area contributed by atoms with Gasteiger partial charge in [-0.25, -0.2) is 4.79 Å². The molecule has 1 rings (SSSR count). The zero-order valence-corrected chi connectivity index (χ0v) is 10.7. The van der Waals surface area contributed by atoms with Gasteiger partial charge in [-0.3, -0.25) is 4.79 Å². The summed E-state index contributed by atoms with van der Waals surface area (Å²) in [6.45, 7) is 0. The summed E-state index contributed by atoms with van der Waals surface area (Å²) < 4.78 is 14.6. The molecule has 18 heavy (non-hydrogen) atoms. The topological polar surface area (TPSA) is 65.1 Å². The van der Waals surface area contributed by atoms with Gasteiger partial charge in [0, 0.05) is 13.1 Å². The number of carbonyl (C=O) groups excluding carboxylic acids is 2. The van der Waals surface area contributed by atoms with Crippen molar-refractivity contribution in [3.8, 4) is 11.5 Å². The predicted molar refractivity (Wildman–Crippen MR) is 65.0 cm³/mol. The van der Waals surface area contributed by atoms with Gasteiger partial charge in [-0.1, -0.05) is 0 Å². The molecular formula is C12H15NO5. The highest BCUT2D eigenvalue weighted by Gasteiger charge is 2.23. The molecule has 1 aromatic carbocycles. The number of nitrogens with zero attached hydrogens (tertiary/aromatic N) is 1. The third-order valence-corrected chi connectivity index (χ3v) is 2.41. The van der Waals surface area contributed by atoms with Crippen LogP contribution in [0, 0.1) is 0 Å². The molecule has 0 fully saturated rings. The van der Waals surface area contributed by atoms with Gasteiger partial charge in [0.05, 0.1) is 27.0 Å². The van der Waals surface area contributed by atoms with Crippen molar-refractivity contribution in [3.63, 3.8) is 0 Å². The Morgan fingerprint density at radius 1 is 1.11 bits per heavy atom. The van der Waals surface area contributed by atoms with Gasteiger partial charge < -0.3 is 19.1 Å². The van der Waals surface area contributed by atoms with Crippen molar-refractivity contribution < 1.29 is 23.8 Å². The van der Waals surface area contributed by atoms with Crippen LogP contribution in [0.15, 0.2) is 18.2 Å². The number of carbonyl (C=O) groups is 2. The molecule has 6 nitrogen and oxygen atoms in total. The van der Waals surface area contributed by atoms with E-state index in [1.807, 2.05) is 0 Å². The zero-order valence-electron chi connectivity index (χ0n) is 10.7. The third kappa shape index (κ3) is 2.71. The lowest BCUT2D eigenvalue weighted by molar-refractivity contribution is -0.151. The first kappa shape index (κ1) is 13.8. The van der Waals surface area contributed by atoms with E-state index in [-0.39, 0.29) is 0 Å². The SMILES string of the molecule is COC(=O)C(=O)N(C)c1cc(OC)ccc1OC. The quantitative estimate of drug-likeness (QED) is 0.590. The van der Waals surface area contributed by atoms with Crippen LogP contribution in [0.25, 0.3) is 0 Å². The van der Waals surface area contributed by atoms with E-state index in [1.165, 1.54) is 21.3 Å². The van der Waals surface area contributed by atoms with Crippen LogP contribution in [0.4, 0.5) is 5.69 Å². The second-order valence-electron chi connectivity index (χ2n) is 3.39. The number of benzene rings is 1. The Labute approximate surface area is 105 Å². The van der Waals surface area contributed by atoms with Crippen molar-refractivity contribution in [1.29, 1.82) is 0 Å². The van der Waals surface area contributed by atoms with E-state index in [0.29, 0.717) is 17.2 Å². The number of amides is 1. The van der Waals surface area contributed by atoms with Gasteiger partial charge in [0.15, 0.2) is 0 Å². The van der Waals surface area contributed by atoms with Crippen LogP contribution < -0.4 is 14.4 Å². The molecule has 0 saturated heterocycles. The summed E-state index contributed by atoms with van der Waals surface area (Å²) >= 11 is 0. The molecule has 0 bridgehead atoms. The summed E-state index contributed by atoms with van der Waals surface area (Å²) in [6, 6.07) is 4.94. The molecule has 0 spiro atoms. The van der Waals surface area contributed by atoms with E-state index >= 15 is 0 Å². The Balaban J connectivity index is 3.13. The first-order valence-electron chi connectivity index (χ1n) is 5.13. The predicted octanol–water partition coefficient (Wildman–Crippen LogP) is 0.840. The van der Waals surface area contributed by atoms with E-state index in [4.69, 9.17) is 9.47 Å². The average Bonchev–Trinajstić information content (AvgIpc) is 2.43. The lowest BCUT2D eigenvalue weighted by atomic mass is 10.2. The first-order chi connectivity index (χ1) is 8.54. The van der Waals surface area contributed by atoms with Gasteiger partial charge in [0.25, 0.3) is 0 Å².